The molecular weight excluding hydrogens is 222 g/mol. The second-order valence-corrected chi connectivity index (χ2v) is 5.96. The van der Waals surface area contributed by atoms with Gasteiger partial charge in [0.15, 0.2) is 0 Å². The molecule has 1 fully saturated rings. The fourth-order valence-electron chi connectivity index (χ4n) is 2.22. The van der Waals surface area contributed by atoms with Gasteiger partial charge in [-0.15, -0.1) is 0 Å². The molecule has 1 heterocycles. The molecule has 2 rings (SSSR count). The van der Waals surface area contributed by atoms with Crippen LogP contribution in [0.5, 0.6) is 0 Å². The van der Waals surface area contributed by atoms with Crippen LogP contribution >= 0.6 is 0 Å². The highest BCUT2D eigenvalue weighted by Crippen LogP contribution is 2.31. The topological polar surface area (TPSA) is 37.8 Å². The second kappa shape index (κ2) is 5.79. The zero-order valence-corrected chi connectivity index (χ0v) is 12.1. The molecule has 1 saturated carbocycles. The summed E-state index contributed by atoms with van der Waals surface area (Å²) in [6, 6.07) is 0. The Bertz CT molecular complexity index is 385. The molecule has 1 aromatic heterocycles. The molecule has 3 nitrogen and oxygen atoms in total. The van der Waals surface area contributed by atoms with Crippen LogP contribution in [0.2, 0.25) is 0 Å². The van der Waals surface area contributed by atoms with Crippen molar-refractivity contribution < 1.29 is 0 Å². The molecule has 0 saturated heterocycles. The molecule has 1 aliphatic rings. The summed E-state index contributed by atoms with van der Waals surface area (Å²) in [5.41, 5.74) is 3.57. The normalized spacial score (nSPS) is 15.4. The summed E-state index contributed by atoms with van der Waals surface area (Å²) in [5.74, 6) is 2.58. The summed E-state index contributed by atoms with van der Waals surface area (Å²) in [4.78, 5) is 9.32. The van der Waals surface area contributed by atoms with Crippen LogP contribution in [0, 0.1) is 25.7 Å². The lowest BCUT2D eigenvalue weighted by Gasteiger charge is -2.12. The Labute approximate surface area is 110 Å². The SMILES string of the molecule is Cc1nc(CC2CC2)nc(C)c1CNCC(C)C. The van der Waals surface area contributed by atoms with Crippen molar-refractivity contribution in [1.29, 1.82) is 0 Å². The van der Waals surface area contributed by atoms with E-state index in [0.29, 0.717) is 5.92 Å². The van der Waals surface area contributed by atoms with E-state index in [-0.39, 0.29) is 0 Å². The average Bonchev–Trinajstić information content (AvgIpc) is 3.05. The number of aryl methyl sites for hydroxylation is 2. The minimum absolute atomic E-state index is 0.681. The van der Waals surface area contributed by atoms with Gasteiger partial charge < -0.3 is 5.32 Å². The zero-order valence-electron chi connectivity index (χ0n) is 12.1. The molecule has 3 heteroatoms. The summed E-state index contributed by atoms with van der Waals surface area (Å²) in [6.45, 7) is 10.6. The Kier molecular flexibility index (Phi) is 4.33. The molecule has 0 amide bonds. The van der Waals surface area contributed by atoms with Crippen molar-refractivity contribution in [2.45, 2.75) is 53.5 Å². The van der Waals surface area contributed by atoms with Crippen LogP contribution in [-0.4, -0.2) is 16.5 Å². The van der Waals surface area contributed by atoms with Crippen LogP contribution in [0.15, 0.2) is 0 Å². The first-order valence-electron chi connectivity index (χ1n) is 7.10. The molecule has 1 N–H and O–H groups in total. The first-order chi connectivity index (χ1) is 8.56. The van der Waals surface area contributed by atoms with E-state index in [9.17, 15) is 0 Å². The summed E-state index contributed by atoms with van der Waals surface area (Å²) in [6.07, 6.45) is 3.79. The van der Waals surface area contributed by atoms with Crippen molar-refractivity contribution >= 4 is 0 Å². The third kappa shape index (κ3) is 3.77. The summed E-state index contributed by atoms with van der Waals surface area (Å²) in [5, 5.41) is 3.48. The third-order valence-corrected chi connectivity index (χ3v) is 3.49. The number of hydrogen-bond donors (Lipinski definition) is 1. The number of nitrogens with one attached hydrogen (secondary N) is 1. The van der Waals surface area contributed by atoms with Crippen LogP contribution < -0.4 is 5.32 Å². The Balaban J connectivity index is 2.00. The fraction of sp³-hybridized carbons (Fsp3) is 0.733. The fourth-order valence-corrected chi connectivity index (χ4v) is 2.22. The second-order valence-electron chi connectivity index (χ2n) is 5.96. The maximum absolute atomic E-state index is 4.66. The molecule has 0 aliphatic heterocycles. The lowest BCUT2D eigenvalue weighted by atomic mass is 10.1. The van der Waals surface area contributed by atoms with E-state index in [1.54, 1.807) is 0 Å². The molecule has 1 aliphatic carbocycles. The minimum Gasteiger partial charge on any atom is -0.312 e. The van der Waals surface area contributed by atoms with Gasteiger partial charge in [-0.05, 0) is 45.1 Å². The van der Waals surface area contributed by atoms with Crippen molar-refractivity contribution in [2.24, 2.45) is 11.8 Å². The van der Waals surface area contributed by atoms with Crippen molar-refractivity contribution in [3.8, 4) is 0 Å². The Morgan fingerprint density at radius 1 is 1.17 bits per heavy atom. The van der Waals surface area contributed by atoms with Gasteiger partial charge in [-0.25, -0.2) is 9.97 Å². The quantitative estimate of drug-likeness (QED) is 0.840. The standard InChI is InChI=1S/C15H25N3/c1-10(2)8-16-9-14-11(3)17-15(18-12(14)4)7-13-5-6-13/h10,13,16H,5-9H2,1-4H3. The summed E-state index contributed by atoms with van der Waals surface area (Å²) >= 11 is 0. The van der Waals surface area contributed by atoms with Crippen LogP contribution in [0.25, 0.3) is 0 Å². The lowest BCUT2D eigenvalue weighted by Crippen LogP contribution is -2.21. The number of nitrogens with zero attached hydrogens (tertiary/aromatic N) is 2. The van der Waals surface area contributed by atoms with Gasteiger partial charge in [0.2, 0.25) is 0 Å². The van der Waals surface area contributed by atoms with E-state index in [0.717, 1.165) is 42.6 Å². The van der Waals surface area contributed by atoms with E-state index in [4.69, 9.17) is 0 Å². The molecular formula is C15H25N3. The lowest BCUT2D eigenvalue weighted by molar-refractivity contribution is 0.548. The largest absolute Gasteiger partial charge is 0.312 e. The smallest absolute Gasteiger partial charge is 0.129 e. The molecule has 1 aromatic rings. The van der Waals surface area contributed by atoms with Crippen molar-refractivity contribution in [3.05, 3.63) is 22.8 Å². The van der Waals surface area contributed by atoms with Gasteiger partial charge >= 0.3 is 0 Å². The van der Waals surface area contributed by atoms with E-state index in [2.05, 4.69) is 43.0 Å². The van der Waals surface area contributed by atoms with Crippen LogP contribution in [-0.2, 0) is 13.0 Å². The molecule has 0 spiro atoms. The predicted molar refractivity (Wildman–Crippen MR) is 74.5 cm³/mol. The van der Waals surface area contributed by atoms with Crippen molar-refractivity contribution in [2.75, 3.05) is 6.54 Å². The van der Waals surface area contributed by atoms with E-state index < -0.39 is 0 Å². The van der Waals surface area contributed by atoms with Crippen molar-refractivity contribution in [3.63, 3.8) is 0 Å². The summed E-state index contributed by atoms with van der Waals surface area (Å²) in [7, 11) is 0. The van der Waals surface area contributed by atoms with Crippen LogP contribution in [0.1, 0.15) is 49.5 Å². The van der Waals surface area contributed by atoms with Crippen LogP contribution in [0.4, 0.5) is 0 Å². The average molecular weight is 247 g/mol. The minimum atomic E-state index is 0.681. The van der Waals surface area contributed by atoms with Crippen LogP contribution in [0.3, 0.4) is 0 Å². The van der Waals surface area contributed by atoms with Gasteiger partial charge in [0.1, 0.15) is 5.82 Å². The Morgan fingerprint density at radius 2 is 1.78 bits per heavy atom. The molecule has 0 aromatic carbocycles. The van der Waals surface area contributed by atoms with Gasteiger partial charge in [0, 0.05) is 29.9 Å². The number of aromatic nitrogens is 2. The molecule has 0 radical (unpaired) electrons. The predicted octanol–water partition coefficient (Wildman–Crippen LogP) is 2.79. The number of rotatable bonds is 6. The Morgan fingerprint density at radius 3 is 2.28 bits per heavy atom. The highest BCUT2D eigenvalue weighted by Gasteiger charge is 2.23. The molecule has 0 bridgehead atoms. The number of hydrogen-bond acceptors (Lipinski definition) is 3. The molecule has 0 unspecified atom stereocenters. The highest BCUT2D eigenvalue weighted by atomic mass is 14.9. The molecule has 100 valence electrons. The first kappa shape index (κ1) is 13.5. The summed E-state index contributed by atoms with van der Waals surface area (Å²) < 4.78 is 0. The van der Waals surface area contributed by atoms with Gasteiger partial charge in [0.05, 0.1) is 0 Å². The third-order valence-electron chi connectivity index (χ3n) is 3.49. The van der Waals surface area contributed by atoms with Gasteiger partial charge in [-0.1, -0.05) is 13.8 Å². The van der Waals surface area contributed by atoms with Crippen molar-refractivity contribution in [1.82, 2.24) is 15.3 Å². The van der Waals surface area contributed by atoms with E-state index >= 15 is 0 Å². The maximum Gasteiger partial charge on any atom is 0.129 e. The van der Waals surface area contributed by atoms with E-state index in [1.807, 2.05) is 0 Å². The maximum atomic E-state index is 4.66. The van der Waals surface area contributed by atoms with Gasteiger partial charge in [-0.3, -0.25) is 0 Å². The monoisotopic (exact) mass is 247 g/mol. The zero-order chi connectivity index (χ0) is 13.1. The van der Waals surface area contributed by atoms with Gasteiger partial charge in [0.25, 0.3) is 0 Å². The highest BCUT2D eigenvalue weighted by molar-refractivity contribution is 5.24. The Hall–Kier alpha value is -0.960. The molecule has 0 atom stereocenters. The van der Waals surface area contributed by atoms with E-state index in [1.165, 1.54) is 18.4 Å². The molecule has 18 heavy (non-hydrogen) atoms. The van der Waals surface area contributed by atoms with Gasteiger partial charge in [-0.2, -0.15) is 0 Å². The first-order valence-corrected chi connectivity index (χ1v) is 7.10.